The van der Waals surface area contributed by atoms with E-state index >= 15 is 0 Å². The van der Waals surface area contributed by atoms with Crippen LogP contribution in [0.2, 0.25) is 0 Å². The number of nitrogens with zero attached hydrogens (tertiary/aromatic N) is 3. The molecular formula is C46H33N3. The van der Waals surface area contributed by atoms with Crippen molar-refractivity contribution in [1.82, 2.24) is 15.0 Å². The van der Waals surface area contributed by atoms with E-state index in [4.69, 9.17) is 9.97 Å². The minimum Gasteiger partial charge on any atom is -0.265 e. The fourth-order valence-corrected chi connectivity index (χ4v) is 7.38. The molecule has 1 aliphatic rings. The van der Waals surface area contributed by atoms with Crippen LogP contribution in [0.25, 0.3) is 78.1 Å². The number of benzene rings is 6. The normalized spacial score (nSPS) is 12.9. The molecule has 0 amide bonds. The van der Waals surface area contributed by atoms with Crippen molar-refractivity contribution < 1.29 is 0 Å². The molecule has 0 unspecified atom stereocenters. The van der Waals surface area contributed by atoms with Crippen LogP contribution >= 0.6 is 0 Å². The highest BCUT2D eigenvalue weighted by molar-refractivity contribution is 6.02. The Kier molecular flexibility index (Phi) is 6.80. The molecule has 0 bridgehead atoms. The Bertz CT molecular complexity index is 2500. The van der Waals surface area contributed by atoms with Gasteiger partial charge < -0.3 is 0 Å². The molecule has 0 fully saturated rings. The number of pyridine rings is 1. The molecule has 3 nitrogen and oxygen atoms in total. The van der Waals surface area contributed by atoms with E-state index in [0.29, 0.717) is 5.82 Å². The molecule has 0 aliphatic heterocycles. The van der Waals surface area contributed by atoms with Crippen LogP contribution in [0.15, 0.2) is 164 Å². The second-order valence-electron chi connectivity index (χ2n) is 13.3. The molecule has 6 aromatic carbocycles. The van der Waals surface area contributed by atoms with Crippen molar-refractivity contribution in [2.75, 3.05) is 0 Å². The maximum atomic E-state index is 5.15. The standard InChI is InChI=1S/C46H33N3/c1-46(2)40-22-20-32-9-6-7-14-38(32)44(40)39-21-19-36(28-41(39)46)35-12-8-13-37(27-35)43-29-42(33-10-4-3-5-11-33)48-45(49-43)34-17-15-30(16-18-34)31-23-25-47-26-24-31/h3-29H,1-2H3. The molecule has 0 spiro atoms. The summed E-state index contributed by atoms with van der Waals surface area (Å²) in [7, 11) is 0. The van der Waals surface area contributed by atoms with Crippen LogP contribution in [0.1, 0.15) is 25.0 Å². The van der Waals surface area contributed by atoms with Crippen molar-refractivity contribution in [3.05, 3.63) is 175 Å². The molecule has 0 saturated carbocycles. The number of rotatable bonds is 5. The molecule has 49 heavy (non-hydrogen) atoms. The van der Waals surface area contributed by atoms with E-state index in [2.05, 4.69) is 152 Å². The van der Waals surface area contributed by atoms with Gasteiger partial charge in [-0.2, -0.15) is 0 Å². The van der Waals surface area contributed by atoms with Crippen LogP contribution in [0.4, 0.5) is 0 Å². The van der Waals surface area contributed by atoms with Crippen molar-refractivity contribution in [2.24, 2.45) is 0 Å². The zero-order chi connectivity index (χ0) is 33.0. The molecule has 2 heterocycles. The van der Waals surface area contributed by atoms with Gasteiger partial charge in [-0.05, 0) is 85.6 Å². The van der Waals surface area contributed by atoms with Crippen LogP contribution in [-0.2, 0) is 5.41 Å². The maximum Gasteiger partial charge on any atom is 0.160 e. The molecule has 8 aromatic rings. The van der Waals surface area contributed by atoms with Crippen molar-refractivity contribution >= 4 is 10.8 Å². The van der Waals surface area contributed by atoms with Crippen molar-refractivity contribution in [1.29, 1.82) is 0 Å². The summed E-state index contributed by atoms with van der Waals surface area (Å²) in [4.78, 5) is 14.4. The minimum atomic E-state index is -0.0958. The number of hydrogen-bond acceptors (Lipinski definition) is 3. The van der Waals surface area contributed by atoms with Crippen LogP contribution in [0.3, 0.4) is 0 Å². The van der Waals surface area contributed by atoms with Gasteiger partial charge in [0.05, 0.1) is 11.4 Å². The van der Waals surface area contributed by atoms with Crippen molar-refractivity contribution in [3.8, 4) is 67.3 Å². The molecular weight excluding hydrogens is 595 g/mol. The predicted molar refractivity (Wildman–Crippen MR) is 202 cm³/mol. The second kappa shape index (κ2) is 11.5. The van der Waals surface area contributed by atoms with Gasteiger partial charge >= 0.3 is 0 Å². The van der Waals surface area contributed by atoms with Gasteiger partial charge in [-0.3, -0.25) is 4.98 Å². The van der Waals surface area contributed by atoms with Gasteiger partial charge in [-0.15, -0.1) is 0 Å². The van der Waals surface area contributed by atoms with Crippen molar-refractivity contribution in [3.63, 3.8) is 0 Å². The largest absolute Gasteiger partial charge is 0.265 e. The lowest BCUT2D eigenvalue weighted by molar-refractivity contribution is 0.661. The Morgan fingerprint density at radius 3 is 1.88 bits per heavy atom. The topological polar surface area (TPSA) is 38.7 Å². The first-order valence-electron chi connectivity index (χ1n) is 16.8. The summed E-state index contributed by atoms with van der Waals surface area (Å²) in [5.41, 5.74) is 14.9. The molecule has 0 atom stereocenters. The third-order valence-electron chi connectivity index (χ3n) is 10.0. The minimum absolute atomic E-state index is 0.0958. The van der Waals surface area contributed by atoms with Crippen LogP contribution < -0.4 is 0 Å². The Hall–Kier alpha value is -6.19. The molecule has 2 aromatic heterocycles. The molecule has 0 radical (unpaired) electrons. The highest BCUT2D eigenvalue weighted by Gasteiger charge is 2.36. The Morgan fingerprint density at radius 2 is 1.06 bits per heavy atom. The fourth-order valence-electron chi connectivity index (χ4n) is 7.38. The van der Waals surface area contributed by atoms with Gasteiger partial charge in [0.25, 0.3) is 0 Å². The maximum absolute atomic E-state index is 5.15. The van der Waals surface area contributed by atoms with Gasteiger partial charge in [0.15, 0.2) is 5.82 Å². The van der Waals surface area contributed by atoms with E-state index in [-0.39, 0.29) is 5.41 Å². The van der Waals surface area contributed by atoms with Crippen LogP contribution in [0, 0.1) is 0 Å². The van der Waals surface area contributed by atoms with Gasteiger partial charge in [0.1, 0.15) is 0 Å². The Morgan fingerprint density at radius 1 is 0.429 bits per heavy atom. The summed E-state index contributed by atoms with van der Waals surface area (Å²) >= 11 is 0. The van der Waals surface area contributed by atoms with E-state index in [1.165, 1.54) is 44.2 Å². The second-order valence-corrected chi connectivity index (χ2v) is 13.3. The summed E-state index contributed by atoms with van der Waals surface area (Å²) < 4.78 is 0. The van der Waals surface area contributed by atoms with Gasteiger partial charge in [-0.25, -0.2) is 9.97 Å². The van der Waals surface area contributed by atoms with Crippen molar-refractivity contribution in [2.45, 2.75) is 19.3 Å². The highest BCUT2D eigenvalue weighted by Crippen LogP contribution is 2.52. The molecule has 232 valence electrons. The zero-order valence-electron chi connectivity index (χ0n) is 27.4. The average molecular weight is 628 g/mol. The smallest absolute Gasteiger partial charge is 0.160 e. The van der Waals surface area contributed by atoms with E-state index < -0.39 is 0 Å². The van der Waals surface area contributed by atoms with Crippen LogP contribution in [-0.4, -0.2) is 15.0 Å². The number of aromatic nitrogens is 3. The average Bonchev–Trinajstić information content (AvgIpc) is 3.41. The quantitative estimate of drug-likeness (QED) is 0.191. The van der Waals surface area contributed by atoms with E-state index in [0.717, 1.165) is 39.2 Å². The lowest BCUT2D eigenvalue weighted by Crippen LogP contribution is -2.15. The fraction of sp³-hybridized carbons (Fsp3) is 0.0652. The monoisotopic (exact) mass is 627 g/mol. The van der Waals surface area contributed by atoms with Gasteiger partial charge in [0, 0.05) is 34.5 Å². The first kappa shape index (κ1) is 29.0. The summed E-state index contributed by atoms with van der Waals surface area (Å²) in [6.45, 7) is 4.70. The first-order chi connectivity index (χ1) is 24.0. The zero-order valence-corrected chi connectivity index (χ0v) is 27.4. The third-order valence-corrected chi connectivity index (χ3v) is 10.0. The molecule has 3 heteroatoms. The number of fused-ring (bicyclic) bond motifs is 5. The molecule has 0 N–H and O–H groups in total. The summed E-state index contributed by atoms with van der Waals surface area (Å²) in [6.07, 6.45) is 3.64. The lowest BCUT2D eigenvalue weighted by Gasteiger charge is -2.22. The van der Waals surface area contributed by atoms with E-state index in [9.17, 15) is 0 Å². The SMILES string of the molecule is CC1(C)c2cc(-c3cccc(-c4cc(-c5ccccc5)nc(-c5ccc(-c6ccncc6)cc5)n4)c3)ccc2-c2c1ccc1ccccc21. The predicted octanol–water partition coefficient (Wildman–Crippen LogP) is 11.7. The highest BCUT2D eigenvalue weighted by atomic mass is 14.9. The van der Waals surface area contributed by atoms with E-state index in [1.807, 2.05) is 30.6 Å². The first-order valence-corrected chi connectivity index (χ1v) is 16.8. The molecule has 9 rings (SSSR count). The van der Waals surface area contributed by atoms with Gasteiger partial charge in [-0.1, -0.05) is 135 Å². The molecule has 1 aliphatic carbocycles. The Balaban J connectivity index is 1.13. The van der Waals surface area contributed by atoms with Crippen LogP contribution in [0.5, 0.6) is 0 Å². The van der Waals surface area contributed by atoms with E-state index in [1.54, 1.807) is 0 Å². The number of hydrogen-bond donors (Lipinski definition) is 0. The summed E-state index contributed by atoms with van der Waals surface area (Å²) in [5.74, 6) is 0.701. The lowest BCUT2D eigenvalue weighted by atomic mass is 9.81. The van der Waals surface area contributed by atoms with Gasteiger partial charge in [0.2, 0.25) is 0 Å². The molecule has 0 saturated heterocycles. The third kappa shape index (κ3) is 5.03. The Labute approximate surface area is 286 Å². The summed E-state index contributed by atoms with van der Waals surface area (Å²) in [6, 6.07) is 54.0. The summed E-state index contributed by atoms with van der Waals surface area (Å²) in [5, 5.41) is 2.60.